The number of aromatic nitrogens is 1. The van der Waals surface area contributed by atoms with Crippen molar-refractivity contribution in [3.05, 3.63) is 59.3 Å². The summed E-state index contributed by atoms with van der Waals surface area (Å²) in [4.78, 5) is 19.3. The molecule has 0 bridgehead atoms. The second-order valence-electron chi connectivity index (χ2n) is 7.16. The number of benzene rings is 1. The zero-order valence-electron chi connectivity index (χ0n) is 16.0. The summed E-state index contributed by atoms with van der Waals surface area (Å²) < 4.78 is 0. The van der Waals surface area contributed by atoms with E-state index < -0.39 is 6.92 Å². The number of piperazine rings is 1. The first-order valence-corrected chi connectivity index (χ1v) is 9.49. The molecule has 1 aliphatic heterocycles. The van der Waals surface area contributed by atoms with Crippen LogP contribution < -0.4 is 15.5 Å². The molecule has 1 aromatic heterocycles. The number of rotatable bonds is 6. The molecule has 3 rings (SSSR count). The fourth-order valence-corrected chi connectivity index (χ4v) is 3.29. The fourth-order valence-electron chi connectivity index (χ4n) is 3.29. The quantitative estimate of drug-likeness (QED) is 0.672. The summed E-state index contributed by atoms with van der Waals surface area (Å²) in [7, 11) is 0. The van der Waals surface area contributed by atoms with Gasteiger partial charge in [0.15, 0.2) is 0 Å². The maximum atomic E-state index is 12.6. The maximum absolute atomic E-state index is 12.6. The van der Waals surface area contributed by atoms with Crippen LogP contribution in [0, 0.1) is 6.92 Å². The molecule has 1 aliphatic rings. The Morgan fingerprint density at radius 2 is 2.11 bits per heavy atom. The molecular formula is C20H27BN4O2. The second kappa shape index (κ2) is 9.02. The van der Waals surface area contributed by atoms with Crippen molar-refractivity contribution < 1.29 is 9.82 Å². The van der Waals surface area contributed by atoms with Crippen LogP contribution in [-0.4, -0.2) is 55.0 Å². The van der Waals surface area contributed by atoms with Gasteiger partial charge in [-0.2, -0.15) is 0 Å². The van der Waals surface area contributed by atoms with Crippen LogP contribution in [-0.2, 0) is 6.42 Å². The van der Waals surface area contributed by atoms with Crippen molar-refractivity contribution in [2.24, 2.45) is 0 Å². The molecule has 1 saturated heterocycles. The Labute approximate surface area is 161 Å². The molecule has 0 saturated carbocycles. The van der Waals surface area contributed by atoms with Crippen LogP contribution in [0.5, 0.6) is 0 Å². The summed E-state index contributed by atoms with van der Waals surface area (Å²) in [6.07, 6.45) is 2.19. The average Bonchev–Trinajstić information content (AvgIpc) is 2.68. The number of anilines is 1. The van der Waals surface area contributed by atoms with Crippen molar-refractivity contribution in [3.8, 4) is 0 Å². The number of carbonyl (C=O) groups is 1. The minimum absolute atomic E-state index is 0.215. The van der Waals surface area contributed by atoms with E-state index in [1.54, 1.807) is 19.1 Å². The van der Waals surface area contributed by atoms with E-state index in [4.69, 9.17) is 0 Å². The van der Waals surface area contributed by atoms with Gasteiger partial charge in [0.2, 0.25) is 0 Å². The molecule has 1 atom stereocenters. The van der Waals surface area contributed by atoms with Gasteiger partial charge in [-0.1, -0.05) is 36.7 Å². The summed E-state index contributed by atoms with van der Waals surface area (Å²) in [5.41, 5.74) is 2.76. The van der Waals surface area contributed by atoms with E-state index in [0.717, 1.165) is 43.1 Å². The van der Waals surface area contributed by atoms with Gasteiger partial charge < -0.3 is 20.6 Å². The van der Waals surface area contributed by atoms with E-state index in [1.807, 2.05) is 31.2 Å². The van der Waals surface area contributed by atoms with Gasteiger partial charge in [0, 0.05) is 38.3 Å². The highest BCUT2D eigenvalue weighted by molar-refractivity contribution is 6.51. The van der Waals surface area contributed by atoms with Gasteiger partial charge in [0.05, 0.1) is 5.56 Å². The summed E-state index contributed by atoms with van der Waals surface area (Å²) in [5, 5.41) is 16.4. The molecule has 1 amide bonds. The first kappa shape index (κ1) is 19.4. The van der Waals surface area contributed by atoms with E-state index in [-0.39, 0.29) is 11.8 Å². The third kappa shape index (κ3) is 5.31. The Bertz CT molecular complexity index is 761. The second-order valence-corrected chi connectivity index (χ2v) is 7.16. The lowest BCUT2D eigenvalue weighted by atomic mass is 9.61. The van der Waals surface area contributed by atoms with Gasteiger partial charge >= 0.3 is 6.92 Å². The molecule has 0 radical (unpaired) electrons. The number of aryl methyl sites for hydroxylation is 1. The lowest BCUT2D eigenvalue weighted by molar-refractivity contribution is 0.0945. The Hall–Kier alpha value is -2.38. The standard InChI is InChI=1S/C20H27BN4O2/c1-15-4-3-5-16(12-15)13-18(21(2)27)24-20(26)17-6-7-19(23-14-17)25-10-8-22-9-11-25/h3-7,12,14,18,22,27H,8-11,13H2,1-2H3,(H,24,26). The normalized spacial score (nSPS) is 15.3. The van der Waals surface area contributed by atoms with Gasteiger partial charge in [-0.3, -0.25) is 4.79 Å². The first-order chi connectivity index (χ1) is 13.0. The molecule has 2 heterocycles. The molecule has 27 heavy (non-hydrogen) atoms. The van der Waals surface area contributed by atoms with Gasteiger partial charge in [0.25, 0.3) is 5.91 Å². The highest BCUT2D eigenvalue weighted by Gasteiger charge is 2.23. The van der Waals surface area contributed by atoms with E-state index in [0.29, 0.717) is 12.0 Å². The molecule has 7 heteroatoms. The lowest BCUT2D eigenvalue weighted by Crippen LogP contribution is -2.46. The molecule has 0 aliphatic carbocycles. The molecule has 1 aromatic carbocycles. The Morgan fingerprint density at radius 1 is 1.33 bits per heavy atom. The molecule has 2 aromatic rings. The van der Waals surface area contributed by atoms with E-state index in [2.05, 4.69) is 26.6 Å². The smallest absolute Gasteiger partial charge is 0.309 e. The minimum atomic E-state index is -0.650. The van der Waals surface area contributed by atoms with Crippen LogP contribution in [0.25, 0.3) is 0 Å². The zero-order chi connectivity index (χ0) is 19.2. The van der Waals surface area contributed by atoms with Crippen molar-refractivity contribution in [2.45, 2.75) is 26.1 Å². The fraction of sp³-hybridized carbons (Fsp3) is 0.400. The number of carbonyl (C=O) groups excluding carboxylic acids is 1. The van der Waals surface area contributed by atoms with Crippen molar-refractivity contribution in [1.82, 2.24) is 15.6 Å². The minimum Gasteiger partial charge on any atom is -0.449 e. The van der Waals surface area contributed by atoms with Crippen LogP contribution in [0.1, 0.15) is 21.5 Å². The van der Waals surface area contributed by atoms with Gasteiger partial charge in [-0.25, -0.2) is 4.98 Å². The first-order valence-electron chi connectivity index (χ1n) is 9.49. The van der Waals surface area contributed by atoms with Crippen molar-refractivity contribution in [1.29, 1.82) is 0 Å². The van der Waals surface area contributed by atoms with Gasteiger partial charge in [-0.15, -0.1) is 0 Å². The number of amides is 1. The van der Waals surface area contributed by atoms with Crippen LogP contribution in [0.15, 0.2) is 42.6 Å². The van der Waals surface area contributed by atoms with E-state index >= 15 is 0 Å². The van der Waals surface area contributed by atoms with Crippen molar-refractivity contribution in [2.75, 3.05) is 31.1 Å². The Kier molecular flexibility index (Phi) is 6.47. The highest BCUT2D eigenvalue weighted by Crippen LogP contribution is 2.13. The molecule has 1 unspecified atom stereocenters. The van der Waals surface area contributed by atoms with Crippen LogP contribution in [0.3, 0.4) is 0 Å². The number of pyridine rings is 1. The Morgan fingerprint density at radius 3 is 2.74 bits per heavy atom. The third-order valence-corrected chi connectivity index (χ3v) is 4.89. The topological polar surface area (TPSA) is 77.5 Å². The number of nitrogens with one attached hydrogen (secondary N) is 2. The van der Waals surface area contributed by atoms with E-state index in [9.17, 15) is 9.82 Å². The van der Waals surface area contributed by atoms with Crippen molar-refractivity contribution in [3.63, 3.8) is 0 Å². The molecule has 142 valence electrons. The number of nitrogens with zero attached hydrogens (tertiary/aromatic N) is 2. The van der Waals surface area contributed by atoms with E-state index in [1.165, 1.54) is 0 Å². The number of hydrogen-bond donors (Lipinski definition) is 3. The third-order valence-electron chi connectivity index (χ3n) is 4.89. The molecular weight excluding hydrogens is 339 g/mol. The van der Waals surface area contributed by atoms with Gasteiger partial charge in [-0.05, 0) is 31.0 Å². The maximum Gasteiger partial charge on any atom is 0.309 e. The largest absolute Gasteiger partial charge is 0.449 e. The predicted octanol–water partition coefficient (Wildman–Crippen LogP) is 1.29. The average molecular weight is 366 g/mol. The molecule has 1 fully saturated rings. The van der Waals surface area contributed by atoms with Crippen molar-refractivity contribution >= 4 is 18.6 Å². The SMILES string of the molecule is CB(O)C(Cc1cccc(C)c1)NC(=O)c1ccc(N2CCNCC2)nc1. The zero-order valence-corrected chi connectivity index (χ0v) is 16.0. The molecule has 6 nitrogen and oxygen atoms in total. The predicted molar refractivity (Wildman–Crippen MR) is 109 cm³/mol. The molecule has 3 N–H and O–H groups in total. The lowest BCUT2D eigenvalue weighted by Gasteiger charge is -2.28. The van der Waals surface area contributed by atoms with Crippen LogP contribution >= 0.6 is 0 Å². The Balaban J connectivity index is 1.64. The van der Waals surface area contributed by atoms with Crippen LogP contribution in [0.4, 0.5) is 5.82 Å². The number of hydrogen-bond acceptors (Lipinski definition) is 5. The van der Waals surface area contributed by atoms with Crippen LogP contribution in [0.2, 0.25) is 6.82 Å². The summed E-state index contributed by atoms with van der Waals surface area (Å²) >= 11 is 0. The monoisotopic (exact) mass is 366 g/mol. The summed E-state index contributed by atoms with van der Waals surface area (Å²) in [6, 6.07) is 11.8. The summed E-state index contributed by atoms with van der Waals surface area (Å²) in [5.74, 6) is 0.319. The highest BCUT2D eigenvalue weighted by atomic mass is 16.2. The summed E-state index contributed by atoms with van der Waals surface area (Å²) in [6.45, 7) is 6.80. The molecule has 0 spiro atoms. The van der Waals surface area contributed by atoms with Gasteiger partial charge in [0.1, 0.15) is 5.82 Å².